The van der Waals surface area contributed by atoms with E-state index in [1.807, 2.05) is 20.8 Å². The standard InChI is InChI=1S/C9H21N9/c1-4-11-17-8-14-7(10)15-9(16-8)18(12-5-2)13-6-3/h11-13H,4-6H2,1-3H3,(H3,10,14,15,16,17). The fourth-order valence-corrected chi connectivity index (χ4v) is 1.22. The number of anilines is 3. The van der Waals surface area contributed by atoms with Gasteiger partial charge >= 0.3 is 0 Å². The third-order valence-corrected chi connectivity index (χ3v) is 1.85. The van der Waals surface area contributed by atoms with Gasteiger partial charge in [-0.15, -0.1) is 0 Å². The molecule has 1 aromatic rings. The molecule has 0 fully saturated rings. The summed E-state index contributed by atoms with van der Waals surface area (Å²) >= 11 is 0. The Balaban J connectivity index is 2.87. The maximum Gasteiger partial charge on any atom is 0.262 e. The molecule has 0 unspecified atom stereocenters. The van der Waals surface area contributed by atoms with E-state index in [9.17, 15) is 0 Å². The Bertz CT molecular complexity index is 350. The highest BCUT2D eigenvalue weighted by molar-refractivity contribution is 5.39. The highest BCUT2D eigenvalue weighted by atomic mass is 15.7. The van der Waals surface area contributed by atoms with Gasteiger partial charge in [-0.05, 0) is 0 Å². The van der Waals surface area contributed by atoms with Crippen molar-refractivity contribution in [3.8, 4) is 0 Å². The molecule has 0 atom stereocenters. The number of hydrogen-bond donors (Lipinski definition) is 5. The van der Waals surface area contributed by atoms with Crippen molar-refractivity contribution < 1.29 is 0 Å². The van der Waals surface area contributed by atoms with Gasteiger partial charge in [0.25, 0.3) is 5.95 Å². The third kappa shape index (κ3) is 4.28. The largest absolute Gasteiger partial charge is 0.368 e. The first-order chi connectivity index (χ1) is 8.71. The lowest BCUT2D eigenvalue weighted by atomic mass is 10.7. The summed E-state index contributed by atoms with van der Waals surface area (Å²) in [5.41, 5.74) is 17.5. The number of nitrogens with two attached hydrogens (primary N) is 1. The molecular weight excluding hydrogens is 234 g/mol. The van der Waals surface area contributed by atoms with Crippen molar-refractivity contribution in [3.63, 3.8) is 0 Å². The quantitative estimate of drug-likeness (QED) is 0.382. The predicted molar refractivity (Wildman–Crippen MR) is 71.4 cm³/mol. The van der Waals surface area contributed by atoms with E-state index < -0.39 is 0 Å². The van der Waals surface area contributed by atoms with E-state index in [1.54, 1.807) is 5.12 Å². The lowest BCUT2D eigenvalue weighted by Crippen LogP contribution is -2.49. The van der Waals surface area contributed by atoms with E-state index in [-0.39, 0.29) is 5.95 Å². The average molecular weight is 255 g/mol. The first-order valence-corrected chi connectivity index (χ1v) is 5.98. The number of nitrogens with one attached hydrogen (secondary N) is 4. The van der Waals surface area contributed by atoms with Crippen LogP contribution in [0.5, 0.6) is 0 Å². The molecule has 0 saturated carbocycles. The number of nitrogen functional groups attached to an aromatic ring is 1. The van der Waals surface area contributed by atoms with Crippen molar-refractivity contribution in [1.82, 2.24) is 31.2 Å². The number of hydrazine groups is 3. The van der Waals surface area contributed by atoms with E-state index >= 15 is 0 Å². The van der Waals surface area contributed by atoms with Crippen LogP contribution in [0.4, 0.5) is 17.8 Å². The Hall–Kier alpha value is -1.71. The molecule has 0 amide bonds. The molecule has 18 heavy (non-hydrogen) atoms. The molecule has 0 radical (unpaired) electrons. The van der Waals surface area contributed by atoms with Gasteiger partial charge in [0.1, 0.15) is 0 Å². The maximum absolute atomic E-state index is 5.65. The molecule has 0 aliphatic rings. The van der Waals surface area contributed by atoms with Crippen LogP contribution < -0.4 is 32.6 Å². The van der Waals surface area contributed by atoms with E-state index in [1.165, 1.54) is 0 Å². The Labute approximate surface area is 106 Å². The Kier molecular flexibility index (Phi) is 6.05. The van der Waals surface area contributed by atoms with Gasteiger partial charge in [0.2, 0.25) is 11.9 Å². The lowest BCUT2D eigenvalue weighted by molar-refractivity contribution is 0.534. The zero-order valence-corrected chi connectivity index (χ0v) is 11.0. The van der Waals surface area contributed by atoms with Crippen LogP contribution in [-0.2, 0) is 0 Å². The van der Waals surface area contributed by atoms with Crippen molar-refractivity contribution >= 4 is 17.8 Å². The average Bonchev–Trinajstić information content (AvgIpc) is 2.35. The molecule has 0 bridgehead atoms. The fraction of sp³-hybridized carbons (Fsp3) is 0.667. The molecule has 0 saturated heterocycles. The number of nitrogens with zero attached hydrogens (tertiary/aromatic N) is 4. The van der Waals surface area contributed by atoms with Gasteiger partial charge in [-0.2, -0.15) is 15.0 Å². The second-order valence-corrected chi connectivity index (χ2v) is 3.33. The molecule has 0 spiro atoms. The lowest BCUT2D eigenvalue weighted by Gasteiger charge is -2.22. The first kappa shape index (κ1) is 14.4. The van der Waals surface area contributed by atoms with Gasteiger partial charge in [-0.25, -0.2) is 21.4 Å². The summed E-state index contributed by atoms with van der Waals surface area (Å²) in [6, 6.07) is 0. The maximum atomic E-state index is 5.65. The highest BCUT2D eigenvalue weighted by Crippen LogP contribution is 2.08. The summed E-state index contributed by atoms with van der Waals surface area (Å²) in [6.07, 6.45) is 0. The minimum absolute atomic E-state index is 0.154. The van der Waals surface area contributed by atoms with E-state index in [2.05, 4.69) is 36.7 Å². The van der Waals surface area contributed by atoms with Crippen LogP contribution in [0.15, 0.2) is 0 Å². The topological polar surface area (TPSA) is 116 Å². The second kappa shape index (κ2) is 7.58. The van der Waals surface area contributed by atoms with Gasteiger partial charge in [-0.3, -0.25) is 5.43 Å². The van der Waals surface area contributed by atoms with Crippen molar-refractivity contribution in [2.24, 2.45) is 0 Å². The van der Waals surface area contributed by atoms with Crippen molar-refractivity contribution in [3.05, 3.63) is 0 Å². The minimum atomic E-state index is 0.154. The molecule has 1 rings (SSSR count). The summed E-state index contributed by atoms with van der Waals surface area (Å²) in [4.78, 5) is 12.3. The SMILES string of the molecule is CCNNc1nc(N)nc(N(NCC)NCC)n1. The summed E-state index contributed by atoms with van der Waals surface area (Å²) in [5, 5.41) is 1.62. The van der Waals surface area contributed by atoms with Gasteiger partial charge in [-0.1, -0.05) is 20.8 Å². The van der Waals surface area contributed by atoms with Gasteiger partial charge in [0, 0.05) is 19.6 Å². The summed E-state index contributed by atoms with van der Waals surface area (Å²) < 4.78 is 0. The van der Waals surface area contributed by atoms with Gasteiger partial charge < -0.3 is 5.73 Å². The van der Waals surface area contributed by atoms with Crippen LogP contribution in [0.1, 0.15) is 20.8 Å². The molecular formula is C9H21N9. The highest BCUT2D eigenvalue weighted by Gasteiger charge is 2.10. The number of hydrogen-bond acceptors (Lipinski definition) is 9. The molecule has 9 heteroatoms. The monoisotopic (exact) mass is 255 g/mol. The van der Waals surface area contributed by atoms with Gasteiger partial charge in [0.05, 0.1) is 0 Å². The molecule has 1 aromatic heterocycles. The zero-order valence-electron chi connectivity index (χ0n) is 11.0. The van der Waals surface area contributed by atoms with Crippen LogP contribution >= 0.6 is 0 Å². The van der Waals surface area contributed by atoms with E-state index in [0.717, 1.165) is 19.6 Å². The van der Waals surface area contributed by atoms with Gasteiger partial charge in [0.15, 0.2) is 0 Å². The molecule has 9 nitrogen and oxygen atoms in total. The number of rotatable bonds is 8. The summed E-state index contributed by atoms with van der Waals surface area (Å²) in [7, 11) is 0. The number of aromatic nitrogens is 3. The summed E-state index contributed by atoms with van der Waals surface area (Å²) in [6.45, 7) is 8.12. The molecule has 0 aromatic carbocycles. The molecule has 102 valence electrons. The van der Waals surface area contributed by atoms with Crippen molar-refractivity contribution in [2.75, 3.05) is 35.9 Å². The third-order valence-electron chi connectivity index (χ3n) is 1.85. The van der Waals surface area contributed by atoms with E-state index in [4.69, 9.17) is 5.73 Å². The minimum Gasteiger partial charge on any atom is -0.368 e. The van der Waals surface area contributed by atoms with E-state index in [0.29, 0.717) is 11.9 Å². The van der Waals surface area contributed by atoms with Crippen LogP contribution in [0, 0.1) is 0 Å². The summed E-state index contributed by atoms with van der Waals surface area (Å²) in [5.74, 6) is 0.938. The van der Waals surface area contributed by atoms with Crippen LogP contribution in [0.25, 0.3) is 0 Å². The normalized spacial score (nSPS) is 10.4. The van der Waals surface area contributed by atoms with Crippen LogP contribution in [0.2, 0.25) is 0 Å². The fourth-order valence-electron chi connectivity index (χ4n) is 1.22. The second-order valence-electron chi connectivity index (χ2n) is 3.33. The smallest absolute Gasteiger partial charge is 0.262 e. The Morgan fingerprint density at radius 3 is 2.22 bits per heavy atom. The molecule has 1 heterocycles. The van der Waals surface area contributed by atoms with Crippen molar-refractivity contribution in [2.45, 2.75) is 20.8 Å². The van der Waals surface area contributed by atoms with Crippen molar-refractivity contribution in [1.29, 1.82) is 0 Å². The zero-order chi connectivity index (χ0) is 13.4. The Morgan fingerprint density at radius 2 is 1.67 bits per heavy atom. The molecule has 0 aliphatic heterocycles. The van der Waals surface area contributed by atoms with Crippen LogP contribution in [0.3, 0.4) is 0 Å². The van der Waals surface area contributed by atoms with Crippen LogP contribution in [-0.4, -0.2) is 34.6 Å². The molecule has 0 aliphatic carbocycles. The Morgan fingerprint density at radius 1 is 1.00 bits per heavy atom. The molecule has 6 N–H and O–H groups in total. The predicted octanol–water partition coefficient (Wildman–Crippen LogP) is -0.754. The first-order valence-electron chi connectivity index (χ1n) is 5.98.